The van der Waals surface area contributed by atoms with Crippen LogP contribution in [0, 0.1) is 12.3 Å². The minimum atomic E-state index is -4.07. The molecule has 4 rings (SSSR count). The summed E-state index contributed by atoms with van der Waals surface area (Å²) >= 11 is 0. The number of hydrogen-bond acceptors (Lipinski definition) is 9. The molecule has 1 N–H and O–H groups in total. The molecule has 0 bridgehead atoms. The number of para-hydroxylation sites is 1. The molecule has 0 amide bonds. The molecule has 3 aromatic rings. The smallest absolute Gasteiger partial charge is 0.246 e. The molecule has 41 heavy (non-hydrogen) atoms. The lowest BCUT2D eigenvalue weighted by Gasteiger charge is -2.42. The number of aliphatic hydroxyl groups excluding tert-OH is 1. The van der Waals surface area contributed by atoms with Crippen molar-refractivity contribution in [3.05, 3.63) is 42.2 Å². The Morgan fingerprint density at radius 1 is 1.17 bits per heavy atom. The van der Waals surface area contributed by atoms with Gasteiger partial charge in [-0.15, -0.1) is 10.2 Å². The highest BCUT2D eigenvalue weighted by molar-refractivity contribution is 7.92. The summed E-state index contributed by atoms with van der Waals surface area (Å²) in [5.74, 6) is 0.911. The Balaban J connectivity index is 1.94. The first kappa shape index (κ1) is 30.9. The molecule has 0 spiro atoms. The zero-order valence-electron chi connectivity index (χ0n) is 24.9. The van der Waals surface area contributed by atoms with Crippen LogP contribution in [-0.2, 0) is 14.8 Å². The van der Waals surface area contributed by atoms with Crippen LogP contribution in [0.3, 0.4) is 0 Å². The molecule has 2 atom stereocenters. The Morgan fingerprint density at radius 3 is 2.37 bits per heavy atom. The molecule has 1 unspecified atom stereocenters. The fraction of sp³-hybridized carbons (Fsp3) is 0.536. The fourth-order valence-corrected chi connectivity index (χ4v) is 7.94. The van der Waals surface area contributed by atoms with E-state index in [1.54, 1.807) is 49.4 Å². The van der Waals surface area contributed by atoms with Crippen molar-refractivity contribution in [2.45, 2.75) is 51.9 Å². The monoisotopic (exact) mass is 603 g/mol. The van der Waals surface area contributed by atoms with Crippen LogP contribution >= 0.6 is 0 Å². The molecule has 1 aliphatic heterocycles. The Bertz CT molecular complexity index is 1440. The molecule has 2 aromatic heterocycles. The number of rotatable bonds is 13. The number of methoxy groups -OCH3 is 2. The largest absolute Gasteiger partial charge is 0.494 e. The third kappa shape index (κ3) is 6.42. The van der Waals surface area contributed by atoms with Crippen molar-refractivity contribution in [3.63, 3.8) is 0 Å². The van der Waals surface area contributed by atoms with Crippen LogP contribution in [0.1, 0.15) is 26.3 Å². The Morgan fingerprint density at radius 2 is 1.83 bits per heavy atom. The molecule has 0 aliphatic carbocycles. The molecular weight excluding hydrogens is 562 g/mol. The summed E-state index contributed by atoms with van der Waals surface area (Å²) < 4.78 is 48.1. The van der Waals surface area contributed by atoms with Gasteiger partial charge in [-0.05, 0) is 36.7 Å². The Labute approximate surface area is 244 Å². The summed E-state index contributed by atoms with van der Waals surface area (Å²) in [4.78, 5) is 4.33. The van der Waals surface area contributed by atoms with Crippen LogP contribution in [0.2, 0.25) is 18.1 Å². The van der Waals surface area contributed by atoms with Crippen LogP contribution in [-0.4, -0.2) is 87.9 Å². The number of pyridine rings is 1. The highest BCUT2D eigenvalue weighted by Gasteiger charge is 2.44. The molecule has 0 radical (unpaired) electrons. The minimum Gasteiger partial charge on any atom is -0.494 e. The zero-order chi connectivity index (χ0) is 29.9. The number of sulfonamides is 1. The van der Waals surface area contributed by atoms with E-state index in [9.17, 15) is 13.5 Å². The SMILES string of the molecule is COc1cccc(OC)c1-n1c(-c2cncc(C)c2)nnc1N(CC[SiH](C)C(C)C)S(=O)(=O)C[C@H](O)C1(C)COC1. The molecule has 224 valence electrons. The van der Waals surface area contributed by atoms with Gasteiger partial charge >= 0.3 is 0 Å². The van der Waals surface area contributed by atoms with Crippen LogP contribution in [0.4, 0.5) is 5.95 Å². The van der Waals surface area contributed by atoms with Gasteiger partial charge in [0.2, 0.25) is 16.0 Å². The van der Waals surface area contributed by atoms with Gasteiger partial charge < -0.3 is 19.3 Å². The number of benzene rings is 1. The van der Waals surface area contributed by atoms with Gasteiger partial charge in [-0.2, -0.15) is 0 Å². The summed E-state index contributed by atoms with van der Waals surface area (Å²) in [6.07, 6.45) is 2.28. The zero-order valence-corrected chi connectivity index (χ0v) is 26.8. The average molecular weight is 604 g/mol. The molecule has 3 heterocycles. The van der Waals surface area contributed by atoms with E-state index in [1.165, 1.54) is 4.31 Å². The molecule has 1 saturated heterocycles. The summed E-state index contributed by atoms with van der Waals surface area (Å²) in [6.45, 7) is 11.1. The maximum atomic E-state index is 14.2. The normalized spacial score (nSPS) is 16.2. The third-order valence-corrected chi connectivity index (χ3v) is 13.1. The van der Waals surface area contributed by atoms with E-state index in [-0.39, 0.29) is 12.5 Å². The molecule has 0 saturated carbocycles. The number of hydrogen-bond donors (Lipinski definition) is 1. The average Bonchev–Trinajstić information content (AvgIpc) is 3.34. The summed E-state index contributed by atoms with van der Waals surface area (Å²) in [6, 6.07) is 7.96. The van der Waals surface area contributed by atoms with E-state index in [1.807, 2.05) is 19.9 Å². The minimum absolute atomic E-state index is 0.0940. The first-order valence-electron chi connectivity index (χ1n) is 13.8. The van der Waals surface area contributed by atoms with Crippen LogP contribution < -0.4 is 13.8 Å². The first-order chi connectivity index (χ1) is 19.4. The number of anilines is 1. The lowest BCUT2D eigenvalue weighted by Crippen LogP contribution is -2.53. The fourth-order valence-electron chi connectivity index (χ4n) is 4.68. The van der Waals surface area contributed by atoms with Crippen molar-refractivity contribution in [1.29, 1.82) is 0 Å². The number of aryl methyl sites for hydroxylation is 1. The van der Waals surface area contributed by atoms with E-state index in [4.69, 9.17) is 14.2 Å². The maximum Gasteiger partial charge on any atom is 0.246 e. The second-order valence-electron chi connectivity index (χ2n) is 11.4. The van der Waals surface area contributed by atoms with E-state index in [2.05, 4.69) is 35.6 Å². The van der Waals surface area contributed by atoms with Gasteiger partial charge in [-0.3, -0.25) is 9.55 Å². The highest BCUT2D eigenvalue weighted by atomic mass is 32.2. The van der Waals surface area contributed by atoms with Gasteiger partial charge in [0.25, 0.3) is 0 Å². The topological polar surface area (TPSA) is 129 Å². The highest BCUT2D eigenvalue weighted by Crippen LogP contribution is 2.39. The number of aromatic nitrogens is 4. The Hall–Kier alpha value is -3.00. The van der Waals surface area contributed by atoms with Crippen molar-refractivity contribution in [3.8, 4) is 28.6 Å². The van der Waals surface area contributed by atoms with Gasteiger partial charge in [-0.1, -0.05) is 38.9 Å². The molecule has 1 aromatic carbocycles. The van der Waals surface area contributed by atoms with Crippen molar-refractivity contribution >= 4 is 24.8 Å². The van der Waals surface area contributed by atoms with Gasteiger partial charge in [-0.25, -0.2) is 12.7 Å². The number of aliphatic hydroxyl groups is 1. The second kappa shape index (κ2) is 12.5. The molecule has 11 nitrogen and oxygen atoms in total. The van der Waals surface area contributed by atoms with E-state index in [0.29, 0.717) is 53.4 Å². The van der Waals surface area contributed by atoms with Gasteiger partial charge in [0.15, 0.2) is 5.82 Å². The third-order valence-electron chi connectivity index (χ3n) is 7.93. The van der Waals surface area contributed by atoms with Crippen molar-refractivity contribution in [1.82, 2.24) is 19.7 Å². The lowest BCUT2D eigenvalue weighted by molar-refractivity contribution is -0.154. The first-order valence-corrected chi connectivity index (χ1v) is 18.0. The maximum absolute atomic E-state index is 14.2. The molecule has 13 heteroatoms. The second-order valence-corrected chi connectivity index (χ2v) is 17.2. The predicted molar refractivity (Wildman–Crippen MR) is 161 cm³/mol. The summed E-state index contributed by atoms with van der Waals surface area (Å²) in [7, 11) is -2.27. The van der Waals surface area contributed by atoms with Crippen LogP contribution in [0.25, 0.3) is 17.1 Å². The van der Waals surface area contributed by atoms with Crippen LogP contribution in [0.5, 0.6) is 11.5 Å². The van der Waals surface area contributed by atoms with Gasteiger partial charge in [0, 0.05) is 38.7 Å². The lowest BCUT2D eigenvalue weighted by atomic mass is 9.83. The summed E-state index contributed by atoms with van der Waals surface area (Å²) in [5.41, 5.74) is 1.88. The summed E-state index contributed by atoms with van der Waals surface area (Å²) in [5, 5.41) is 20.0. The quantitative estimate of drug-likeness (QED) is 0.292. The molecule has 1 fully saturated rings. The predicted octanol–water partition coefficient (Wildman–Crippen LogP) is 3.46. The van der Waals surface area contributed by atoms with Gasteiger partial charge in [0.1, 0.15) is 17.2 Å². The van der Waals surface area contributed by atoms with Gasteiger partial charge in [0.05, 0.1) is 39.3 Å². The molecule has 1 aliphatic rings. The number of nitrogens with zero attached hydrogens (tertiary/aromatic N) is 5. The molecular formula is C28H41N5O6SSi. The van der Waals surface area contributed by atoms with Crippen molar-refractivity contribution in [2.24, 2.45) is 5.41 Å². The Kier molecular flexibility index (Phi) is 9.41. The number of ether oxygens (including phenoxy) is 3. The standard InChI is InChI=1S/C28H41N5O6SSi/c1-19(2)41(7)12-11-32(40(35,36)16-24(34)28(4)17-39-18-28)27-31-30-26(21-13-20(3)14-29-15-21)33(27)25-22(37-5)9-8-10-23(25)38-6/h8-10,13-15,19,24,34,41H,11-12,16-18H2,1-7H3/t24-,41?/m0/s1. The van der Waals surface area contributed by atoms with Crippen LogP contribution in [0.15, 0.2) is 36.7 Å². The van der Waals surface area contributed by atoms with Crippen molar-refractivity contribution < 1.29 is 27.7 Å². The van der Waals surface area contributed by atoms with E-state index >= 15 is 0 Å². The van der Waals surface area contributed by atoms with E-state index in [0.717, 1.165) is 5.56 Å². The van der Waals surface area contributed by atoms with E-state index < -0.39 is 36.1 Å². The van der Waals surface area contributed by atoms with Crippen molar-refractivity contribution in [2.75, 3.05) is 44.0 Å².